The van der Waals surface area contributed by atoms with Gasteiger partial charge in [0.1, 0.15) is 11.3 Å². The van der Waals surface area contributed by atoms with Gasteiger partial charge in [-0.15, -0.1) is 0 Å². The predicted molar refractivity (Wildman–Crippen MR) is 82.2 cm³/mol. The summed E-state index contributed by atoms with van der Waals surface area (Å²) in [6.45, 7) is 1.96. The van der Waals surface area contributed by atoms with Gasteiger partial charge < -0.3 is 15.5 Å². The number of benzene rings is 1. The van der Waals surface area contributed by atoms with Crippen molar-refractivity contribution in [3.05, 3.63) is 30.3 Å². The molecule has 112 valence electrons. The first-order valence-corrected chi connectivity index (χ1v) is 6.70. The maximum atomic E-state index is 11.4. The second-order valence-electron chi connectivity index (χ2n) is 4.43. The molecular formula is C14H14N6O2. The van der Waals surface area contributed by atoms with Gasteiger partial charge in [-0.25, -0.2) is 9.78 Å². The van der Waals surface area contributed by atoms with Crippen LogP contribution in [0.3, 0.4) is 0 Å². The first kappa shape index (κ1) is 13.8. The summed E-state index contributed by atoms with van der Waals surface area (Å²) in [5.74, 6) is 0.880. The molecule has 0 fully saturated rings. The van der Waals surface area contributed by atoms with Gasteiger partial charge in [0.05, 0.1) is 6.61 Å². The summed E-state index contributed by atoms with van der Waals surface area (Å²) in [5.41, 5.74) is 7.68. The third kappa shape index (κ3) is 2.66. The monoisotopic (exact) mass is 298 g/mol. The molecule has 0 saturated heterocycles. The molecule has 8 nitrogen and oxygen atoms in total. The van der Waals surface area contributed by atoms with Crippen molar-refractivity contribution >= 4 is 29.0 Å². The van der Waals surface area contributed by atoms with E-state index in [1.165, 1.54) is 0 Å². The fourth-order valence-electron chi connectivity index (χ4n) is 1.97. The minimum atomic E-state index is -0.639. The highest BCUT2D eigenvalue weighted by Crippen LogP contribution is 2.22. The zero-order chi connectivity index (χ0) is 15.5. The molecular weight excluding hydrogens is 284 g/mol. The molecule has 0 radical (unpaired) electrons. The van der Waals surface area contributed by atoms with Gasteiger partial charge in [0, 0.05) is 5.56 Å². The number of nitrogens with one attached hydrogen (secondary N) is 2. The van der Waals surface area contributed by atoms with Gasteiger partial charge in [-0.3, -0.25) is 5.32 Å². The van der Waals surface area contributed by atoms with Crippen LogP contribution in [0, 0.1) is 0 Å². The molecule has 3 aromatic rings. The number of carbonyl (C=O) groups excluding carboxylic acids is 1. The molecule has 0 spiro atoms. The molecule has 4 N–H and O–H groups in total. The van der Waals surface area contributed by atoms with Crippen molar-refractivity contribution in [2.75, 3.05) is 17.7 Å². The number of fused-ring (bicyclic) bond motifs is 1. The molecule has 0 aliphatic rings. The van der Waals surface area contributed by atoms with Crippen LogP contribution in [0.2, 0.25) is 0 Å². The van der Waals surface area contributed by atoms with Crippen LogP contribution in [0.5, 0.6) is 0 Å². The number of hydrogen-bond acceptors (Lipinski definition) is 6. The topological polar surface area (TPSA) is 119 Å². The smallest absolute Gasteiger partial charge is 0.414 e. The molecule has 2 aromatic heterocycles. The zero-order valence-electron chi connectivity index (χ0n) is 11.8. The third-order valence-electron chi connectivity index (χ3n) is 2.92. The lowest BCUT2D eigenvalue weighted by atomic mass is 10.2. The second kappa shape index (κ2) is 5.68. The molecule has 3 rings (SSSR count). The number of ether oxygens (including phenoxy) is 1. The molecule has 0 aliphatic heterocycles. The van der Waals surface area contributed by atoms with Gasteiger partial charge in [-0.2, -0.15) is 9.97 Å². The van der Waals surface area contributed by atoms with Gasteiger partial charge in [0.2, 0.25) is 5.95 Å². The minimum Gasteiger partial charge on any atom is -0.450 e. The number of aromatic nitrogens is 4. The zero-order valence-corrected chi connectivity index (χ0v) is 11.8. The summed E-state index contributed by atoms with van der Waals surface area (Å²) in [4.78, 5) is 27.0. The Kier molecular flexibility index (Phi) is 3.57. The summed E-state index contributed by atoms with van der Waals surface area (Å²) < 4.78 is 4.77. The van der Waals surface area contributed by atoms with E-state index in [4.69, 9.17) is 10.5 Å². The van der Waals surface area contributed by atoms with Crippen molar-refractivity contribution in [2.24, 2.45) is 0 Å². The number of nitrogen functional groups attached to an aromatic ring is 1. The fourth-order valence-corrected chi connectivity index (χ4v) is 1.97. The van der Waals surface area contributed by atoms with E-state index in [-0.39, 0.29) is 18.4 Å². The lowest BCUT2D eigenvalue weighted by Gasteiger charge is -2.03. The number of anilines is 2. The molecule has 1 amide bonds. The van der Waals surface area contributed by atoms with Gasteiger partial charge in [-0.05, 0) is 6.92 Å². The van der Waals surface area contributed by atoms with Gasteiger partial charge >= 0.3 is 6.09 Å². The van der Waals surface area contributed by atoms with E-state index < -0.39 is 6.09 Å². The number of nitrogens with two attached hydrogens (primary N) is 1. The van der Waals surface area contributed by atoms with Crippen LogP contribution in [0.4, 0.5) is 16.6 Å². The van der Waals surface area contributed by atoms with E-state index in [1.54, 1.807) is 6.92 Å². The van der Waals surface area contributed by atoms with Crippen molar-refractivity contribution in [1.29, 1.82) is 0 Å². The normalized spacial score (nSPS) is 10.6. The standard InChI is InChI=1S/C14H14N6O2/c1-2-22-14(21)20-13-17-10(15)9-12(19-13)18-11(16-9)8-6-4-3-5-7-8/h3-7H,2H2,1H3,(H4,15,16,17,18,19,20,21). The van der Waals surface area contributed by atoms with Crippen LogP contribution in [0.25, 0.3) is 22.6 Å². The van der Waals surface area contributed by atoms with Crippen LogP contribution in [-0.2, 0) is 4.74 Å². The van der Waals surface area contributed by atoms with Crippen molar-refractivity contribution in [3.8, 4) is 11.4 Å². The number of aromatic amines is 1. The van der Waals surface area contributed by atoms with Crippen LogP contribution in [-0.4, -0.2) is 32.6 Å². The molecule has 2 heterocycles. The van der Waals surface area contributed by atoms with Crippen molar-refractivity contribution < 1.29 is 9.53 Å². The van der Waals surface area contributed by atoms with Gasteiger partial charge in [0.15, 0.2) is 11.5 Å². The predicted octanol–water partition coefficient (Wildman–Crippen LogP) is 2.17. The molecule has 1 aromatic carbocycles. The maximum absolute atomic E-state index is 11.4. The number of carbonyl (C=O) groups is 1. The summed E-state index contributed by atoms with van der Waals surface area (Å²) in [6.07, 6.45) is -0.639. The Labute approximate surface area is 125 Å². The number of imidazole rings is 1. The molecule has 0 atom stereocenters. The van der Waals surface area contributed by atoms with E-state index in [2.05, 4.69) is 25.3 Å². The lowest BCUT2D eigenvalue weighted by Crippen LogP contribution is -2.16. The second-order valence-corrected chi connectivity index (χ2v) is 4.43. The van der Waals surface area contributed by atoms with Crippen molar-refractivity contribution in [1.82, 2.24) is 19.9 Å². The highest BCUT2D eigenvalue weighted by molar-refractivity contribution is 5.88. The van der Waals surface area contributed by atoms with E-state index >= 15 is 0 Å². The molecule has 0 aliphatic carbocycles. The summed E-state index contributed by atoms with van der Waals surface area (Å²) in [6, 6.07) is 9.57. The first-order valence-electron chi connectivity index (χ1n) is 6.70. The largest absolute Gasteiger partial charge is 0.450 e. The van der Waals surface area contributed by atoms with Crippen molar-refractivity contribution in [3.63, 3.8) is 0 Å². The van der Waals surface area contributed by atoms with E-state index in [0.717, 1.165) is 5.56 Å². The Morgan fingerprint density at radius 1 is 1.27 bits per heavy atom. The molecule has 8 heteroatoms. The van der Waals surface area contributed by atoms with Crippen LogP contribution in [0.15, 0.2) is 30.3 Å². The van der Waals surface area contributed by atoms with Gasteiger partial charge in [-0.1, -0.05) is 30.3 Å². The fraction of sp³-hybridized carbons (Fsp3) is 0.143. The molecule has 0 bridgehead atoms. The Morgan fingerprint density at radius 2 is 2.05 bits per heavy atom. The Hall–Kier alpha value is -3.16. The van der Waals surface area contributed by atoms with E-state index in [1.807, 2.05) is 30.3 Å². The van der Waals surface area contributed by atoms with Crippen LogP contribution in [0.1, 0.15) is 6.92 Å². The third-order valence-corrected chi connectivity index (χ3v) is 2.92. The molecule has 0 unspecified atom stereocenters. The Morgan fingerprint density at radius 3 is 2.77 bits per heavy atom. The summed E-state index contributed by atoms with van der Waals surface area (Å²) >= 11 is 0. The summed E-state index contributed by atoms with van der Waals surface area (Å²) in [5, 5.41) is 2.41. The van der Waals surface area contributed by atoms with Crippen LogP contribution >= 0.6 is 0 Å². The maximum Gasteiger partial charge on any atom is 0.414 e. The van der Waals surface area contributed by atoms with Crippen LogP contribution < -0.4 is 11.1 Å². The van der Waals surface area contributed by atoms with Gasteiger partial charge in [0.25, 0.3) is 0 Å². The summed E-state index contributed by atoms with van der Waals surface area (Å²) in [7, 11) is 0. The number of nitrogens with zero attached hydrogens (tertiary/aromatic N) is 3. The average Bonchev–Trinajstić information content (AvgIpc) is 2.93. The number of amides is 1. The first-order chi connectivity index (χ1) is 10.7. The number of rotatable bonds is 3. The minimum absolute atomic E-state index is 0.0505. The Balaban J connectivity index is 1.98. The quantitative estimate of drug-likeness (QED) is 0.681. The highest BCUT2D eigenvalue weighted by atomic mass is 16.5. The molecule has 22 heavy (non-hydrogen) atoms. The number of H-pyrrole nitrogens is 1. The highest BCUT2D eigenvalue weighted by Gasteiger charge is 2.13. The Bertz CT molecular complexity index is 815. The van der Waals surface area contributed by atoms with E-state index in [9.17, 15) is 4.79 Å². The van der Waals surface area contributed by atoms with E-state index in [0.29, 0.717) is 17.0 Å². The van der Waals surface area contributed by atoms with Crippen molar-refractivity contribution in [2.45, 2.75) is 6.92 Å². The molecule has 0 saturated carbocycles. The average molecular weight is 298 g/mol. The SMILES string of the molecule is CCOC(=O)Nc1nc(N)c2[nH]c(-c3ccccc3)nc2n1. The number of hydrogen-bond donors (Lipinski definition) is 3. The lowest BCUT2D eigenvalue weighted by molar-refractivity contribution is 0.167.